The summed E-state index contributed by atoms with van der Waals surface area (Å²) in [5, 5.41) is 5.95. The molecule has 1 fully saturated rings. The van der Waals surface area contributed by atoms with Gasteiger partial charge in [0.2, 0.25) is 5.91 Å². The SMILES string of the molecule is CCC(C)C(NC(=O)OC(C)(C)C)C(=O)N1CCC(c2nccs2)CC1. The lowest BCUT2D eigenvalue weighted by molar-refractivity contribution is -0.135. The van der Waals surface area contributed by atoms with Gasteiger partial charge in [0, 0.05) is 30.6 Å². The first-order valence-electron chi connectivity index (χ1n) is 9.39. The molecule has 1 aromatic heterocycles. The molecule has 1 aliphatic rings. The highest BCUT2D eigenvalue weighted by atomic mass is 32.1. The number of hydrogen-bond donors (Lipinski definition) is 1. The standard InChI is InChI=1S/C19H31N3O3S/c1-6-13(2)15(21-18(24)25-19(3,4)5)17(23)22-10-7-14(8-11-22)16-20-9-12-26-16/h9,12-15H,6-8,10-11H2,1-5H3,(H,21,24). The Balaban J connectivity index is 1.97. The van der Waals surface area contributed by atoms with E-state index in [1.165, 1.54) is 0 Å². The molecule has 0 spiro atoms. The van der Waals surface area contributed by atoms with Crippen LogP contribution in [0.2, 0.25) is 0 Å². The van der Waals surface area contributed by atoms with Gasteiger partial charge in [0.25, 0.3) is 0 Å². The molecule has 0 aromatic carbocycles. The Morgan fingerprint density at radius 2 is 2.04 bits per heavy atom. The Morgan fingerprint density at radius 3 is 2.54 bits per heavy atom. The van der Waals surface area contributed by atoms with Gasteiger partial charge in [-0.3, -0.25) is 4.79 Å². The molecule has 7 heteroatoms. The van der Waals surface area contributed by atoms with E-state index in [2.05, 4.69) is 10.3 Å². The Morgan fingerprint density at radius 1 is 1.38 bits per heavy atom. The lowest BCUT2D eigenvalue weighted by Crippen LogP contribution is -2.54. The van der Waals surface area contributed by atoms with Crippen molar-refractivity contribution in [2.45, 2.75) is 71.4 Å². The number of likely N-dealkylation sites (tertiary alicyclic amines) is 1. The number of nitrogens with one attached hydrogen (secondary N) is 1. The van der Waals surface area contributed by atoms with Crippen molar-refractivity contribution in [3.05, 3.63) is 16.6 Å². The second-order valence-corrected chi connectivity index (χ2v) is 8.91. The highest BCUT2D eigenvalue weighted by molar-refractivity contribution is 7.09. The van der Waals surface area contributed by atoms with Gasteiger partial charge in [-0.15, -0.1) is 11.3 Å². The maximum atomic E-state index is 13.0. The molecule has 0 saturated carbocycles. The highest BCUT2D eigenvalue weighted by Crippen LogP contribution is 2.29. The van der Waals surface area contributed by atoms with Crippen LogP contribution in [0, 0.1) is 5.92 Å². The van der Waals surface area contributed by atoms with Gasteiger partial charge in [-0.2, -0.15) is 0 Å². The number of rotatable bonds is 5. The van der Waals surface area contributed by atoms with E-state index < -0.39 is 17.7 Å². The molecule has 1 saturated heterocycles. The molecular weight excluding hydrogens is 350 g/mol. The second kappa shape index (κ2) is 8.84. The third-order valence-corrected chi connectivity index (χ3v) is 5.70. The van der Waals surface area contributed by atoms with Gasteiger partial charge in [0.05, 0.1) is 5.01 Å². The van der Waals surface area contributed by atoms with Crippen LogP contribution >= 0.6 is 11.3 Å². The predicted molar refractivity (Wildman–Crippen MR) is 103 cm³/mol. The smallest absolute Gasteiger partial charge is 0.408 e. The van der Waals surface area contributed by atoms with Crippen molar-refractivity contribution in [3.8, 4) is 0 Å². The van der Waals surface area contributed by atoms with Crippen molar-refractivity contribution in [2.24, 2.45) is 5.92 Å². The Kier molecular flexibility index (Phi) is 7.03. The maximum absolute atomic E-state index is 13.0. The van der Waals surface area contributed by atoms with E-state index in [4.69, 9.17) is 4.74 Å². The molecule has 1 aliphatic heterocycles. The summed E-state index contributed by atoms with van der Waals surface area (Å²) in [6, 6.07) is -0.550. The van der Waals surface area contributed by atoms with Crippen LogP contribution in [0.25, 0.3) is 0 Å². The Hall–Kier alpha value is -1.63. The molecule has 2 amide bonds. The van der Waals surface area contributed by atoms with Crippen molar-refractivity contribution in [1.82, 2.24) is 15.2 Å². The van der Waals surface area contributed by atoms with Gasteiger partial charge >= 0.3 is 6.09 Å². The zero-order valence-corrected chi connectivity index (χ0v) is 17.3. The summed E-state index contributed by atoms with van der Waals surface area (Å²) >= 11 is 1.68. The lowest BCUT2D eigenvalue weighted by Gasteiger charge is -2.35. The van der Waals surface area contributed by atoms with Crippen molar-refractivity contribution >= 4 is 23.3 Å². The number of alkyl carbamates (subject to hydrolysis) is 1. The molecule has 2 unspecified atom stereocenters. The minimum Gasteiger partial charge on any atom is -0.444 e. The van der Waals surface area contributed by atoms with Crippen LogP contribution in [0.15, 0.2) is 11.6 Å². The second-order valence-electron chi connectivity index (χ2n) is 7.98. The third kappa shape index (κ3) is 5.69. The van der Waals surface area contributed by atoms with Crippen molar-refractivity contribution in [1.29, 1.82) is 0 Å². The largest absolute Gasteiger partial charge is 0.444 e. The molecule has 0 radical (unpaired) electrons. The quantitative estimate of drug-likeness (QED) is 0.842. The van der Waals surface area contributed by atoms with Gasteiger partial charge in [-0.25, -0.2) is 9.78 Å². The van der Waals surface area contributed by atoms with E-state index in [1.54, 1.807) is 11.3 Å². The van der Waals surface area contributed by atoms with Crippen LogP contribution in [0.4, 0.5) is 4.79 Å². The fourth-order valence-corrected chi connectivity index (χ4v) is 3.91. The number of ether oxygens (including phenoxy) is 1. The van der Waals surface area contributed by atoms with E-state index in [0.717, 1.165) is 24.3 Å². The van der Waals surface area contributed by atoms with Crippen LogP contribution in [0.3, 0.4) is 0 Å². The number of nitrogens with zero attached hydrogens (tertiary/aromatic N) is 2. The molecular formula is C19H31N3O3S. The van der Waals surface area contributed by atoms with Gasteiger partial charge in [-0.1, -0.05) is 20.3 Å². The fraction of sp³-hybridized carbons (Fsp3) is 0.737. The van der Waals surface area contributed by atoms with Gasteiger partial charge in [-0.05, 0) is 39.5 Å². The molecule has 26 heavy (non-hydrogen) atoms. The number of piperidine rings is 1. The number of thiazole rings is 1. The molecule has 1 N–H and O–H groups in total. The van der Waals surface area contributed by atoms with E-state index >= 15 is 0 Å². The average molecular weight is 382 g/mol. The first kappa shape index (κ1) is 20.7. The molecule has 2 atom stereocenters. The number of aromatic nitrogens is 1. The summed E-state index contributed by atoms with van der Waals surface area (Å²) in [5.74, 6) is 0.467. The average Bonchev–Trinajstić information content (AvgIpc) is 3.11. The number of hydrogen-bond acceptors (Lipinski definition) is 5. The zero-order chi connectivity index (χ0) is 19.3. The molecule has 0 aliphatic carbocycles. The predicted octanol–water partition coefficient (Wildman–Crippen LogP) is 3.79. The van der Waals surface area contributed by atoms with Crippen LogP contribution < -0.4 is 5.32 Å². The zero-order valence-electron chi connectivity index (χ0n) is 16.4. The summed E-state index contributed by atoms with van der Waals surface area (Å²) in [6.07, 6.45) is 3.94. The minimum absolute atomic E-state index is 0.0113. The summed E-state index contributed by atoms with van der Waals surface area (Å²) in [6.45, 7) is 10.9. The molecule has 146 valence electrons. The van der Waals surface area contributed by atoms with Crippen molar-refractivity contribution < 1.29 is 14.3 Å². The van der Waals surface area contributed by atoms with Crippen molar-refractivity contribution in [3.63, 3.8) is 0 Å². The van der Waals surface area contributed by atoms with E-state index in [1.807, 2.05) is 51.1 Å². The summed E-state index contributed by atoms with van der Waals surface area (Å²) in [5.41, 5.74) is -0.584. The fourth-order valence-electron chi connectivity index (χ4n) is 3.10. The highest BCUT2D eigenvalue weighted by Gasteiger charge is 2.33. The Bertz CT molecular complexity index is 590. The number of carbonyl (C=O) groups is 2. The normalized spacial score (nSPS) is 18.3. The van der Waals surface area contributed by atoms with Gasteiger partial charge in [0.15, 0.2) is 0 Å². The lowest BCUT2D eigenvalue weighted by atomic mass is 9.94. The molecule has 2 heterocycles. The molecule has 2 rings (SSSR count). The van der Waals surface area contributed by atoms with Gasteiger partial charge in [0.1, 0.15) is 11.6 Å². The summed E-state index contributed by atoms with van der Waals surface area (Å²) < 4.78 is 5.34. The molecule has 6 nitrogen and oxygen atoms in total. The third-order valence-electron chi connectivity index (χ3n) is 4.76. The Labute approximate surface area is 160 Å². The number of amides is 2. The maximum Gasteiger partial charge on any atom is 0.408 e. The molecule has 1 aromatic rings. The van der Waals surface area contributed by atoms with Crippen LogP contribution in [-0.2, 0) is 9.53 Å². The summed E-state index contributed by atoms with van der Waals surface area (Å²) in [4.78, 5) is 31.5. The topological polar surface area (TPSA) is 71.5 Å². The van der Waals surface area contributed by atoms with E-state index in [9.17, 15) is 9.59 Å². The summed E-state index contributed by atoms with van der Waals surface area (Å²) in [7, 11) is 0. The van der Waals surface area contributed by atoms with Crippen LogP contribution in [0.5, 0.6) is 0 Å². The van der Waals surface area contributed by atoms with Crippen molar-refractivity contribution in [2.75, 3.05) is 13.1 Å². The van der Waals surface area contributed by atoms with Crippen LogP contribution in [-0.4, -0.2) is 46.6 Å². The van der Waals surface area contributed by atoms with E-state index in [-0.39, 0.29) is 11.8 Å². The first-order chi connectivity index (χ1) is 12.2. The van der Waals surface area contributed by atoms with Crippen LogP contribution in [0.1, 0.15) is 64.8 Å². The minimum atomic E-state index is -0.584. The molecule has 0 bridgehead atoms. The monoisotopic (exact) mass is 381 g/mol. The van der Waals surface area contributed by atoms with Gasteiger partial charge < -0.3 is 15.0 Å². The number of carbonyl (C=O) groups excluding carboxylic acids is 2. The first-order valence-corrected chi connectivity index (χ1v) is 10.3. The van der Waals surface area contributed by atoms with E-state index in [0.29, 0.717) is 19.0 Å².